The molecule has 1 heterocycles. The first-order chi connectivity index (χ1) is 10.0. The van der Waals surface area contributed by atoms with Crippen molar-refractivity contribution in [3.8, 4) is 0 Å². The van der Waals surface area contributed by atoms with E-state index in [9.17, 15) is 4.79 Å². The van der Waals surface area contributed by atoms with E-state index < -0.39 is 0 Å². The molecule has 0 saturated heterocycles. The first kappa shape index (κ1) is 14.4. The predicted molar refractivity (Wildman–Crippen MR) is 83.8 cm³/mol. The Morgan fingerprint density at radius 3 is 2.90 bits per heavy atom. The van der Waals surface area contributed by atoms with Crippen LogP contribution in [0.3, 0.4) is 0 Å². The van der Waals surface area contributed by atoms with Gasteiger partial charge < -0.3 is 5.73 Å². The zero-order valence-electron chi connectivity index (χ0n) is 12.3. The minimum Gasteiger partial charge on any atom is -0.328 e. The summed E-state index contributed by atoms with van der Waals surface area (Å²) in [6, 6.07) is 6.85. The number of H-pyrrole nitrogens is 1. The second-order valence-corrected chi connectivity index (χ2v) is 6.80. The lowest BCUT2D eigenvalue weighted by Gasteiger charge is -2.10. The average Bonchev–Trinajstić information content (AvgIpc) is 3.17. The molecule has 1 aromatic carbocycles. The second kappa shape index (κ2) is 5.69. The van der Waals surface area contributed by atoms with E-state index in [-0.39, 0.29) is 11.7 Å². The molecule has 0 bridgehead atoms. The summed E-state index contributed by atoms with van der Waals surface area (Å²) in [6.45, 7) is 4.09. The highest BCUT2D eigenvalue weighted by atomic mass is 32.2. The Hall–Kier alpha value is -1.53. The van der Waals surface area contributed by atoms with Gasteiger partial charge in [0.15, 0.2) is 5.16 Å². The summed E-state index contributed by atoms with van der Waals surface area (Å²) < 4.78 is 1.78. The molecule has 1 saturated carbocycles. The largest absolute Gasteiger partial charge is 0.344 e. The molecule has 1 unspecified atom stereocenters. The molecular weight excluding hydrogens is 284 g/mol. The smallest absolute Gasteiger partial charge is 0.328 e. The topological polar surface area (TPSA) is 76.7 Å². The standard InChI is InChI=1S/C15H20N4OS/c1-9-7-11(8-10(2)16)3-6-13(9)21-15-18-17-14(20)19(15)12-4-5-12/h3,6-7,10,12H,4-5,8,16H2,1-2H3,(H,17,20). The van der Waals surface area contributed by atoms with Gasteiger partial charge in [0, 0.05) is 17.0 Å². The third-order valence-electron chi connectivity index (χ3n) is 3.58. The molecule has 21 heavy (non-hydrogen) atoms. The molecule has 112 valence electrons. The van der Waals surface area contributed by atoms with E-state index in [4.69, 9.17) is 5.73 Å². The fraction of sp³-hybridized carbons (Fsp3) is 0.467. The van der Waals surface area contributed by atoms with Crippen LogP contribution in [0.4, 0.5) is 0 Å². The summed E-state index contributed by atoms with van der Waals surface area (Å²) in [5, 5.41) is 7.46. The van der Waals surface area contributed by atoms with Crippen LogP contribution in [0, 0.1) is 6.92 Å². The van der Waals surface area contributed by atoms with Crippen LogP contribution >= 0.6 is 11.8 Å². The van der Waals surface area contributed by atoms with Gasteiger partial charge in [-0.25, -0.2) is 9.89 Å². The number of aryl methyl sites for hydroxylation is 1. The Labute approximate surface area is 127 Å². The molecule has 1 aromatic heterocycles. The first-order valence-electron chi connectivity index (χ1n) is 7.24. The summed E-state index contributed by atoms with van der Waals surface area (Å²) in [7, 11) is 0. The number of rotatable bonds is 5. The van der Waals surface area contributed by atoms with Crippen molar-refractivity contribution in [2.24, 2.45) is 5.73 Å². The number of hydrogen-bond acceptors (Lipinski definition) is 4. The van der Waals surface area contributed by atoms with Gasteiger partial charge in [-0.1, -0.05) is 12.1 Å². The molecule has 5 nitrogen and oxygen atoms in total. The van der Waals surface area contributed by atoms with Crippen molar-refractivity contribution in [2.45, 2.75) is 55.2 Å². The molecule has 3 rings (SSSR count). The van der Waals surface area contributed by atoms with Crippen LogP contribution in [0.15, 0.2) is 33.0 Å². The van der Waals surface area contributed by atoms with Gasteiger partial charge in [-0.15, -0.1) is 5.10 Å². The van der Waals surface area contributed by atoms with Crippen LogP contribution in [0.1, 0.15) is 36.9 Å². The molecule has 0 spiro atoms. The molecular formula is C15H20N4OS. The molecule has 1 fully saturated rings. The van der Waals surface area contributed by atoms with Gasteiger partial charge in [0.25, 0.3) is 0 Å². The van der Waals surface area contributed by atoms with Gasteiger partial charge in [-0.3, -0.25) is 4.57 Å². The normalized spacial score (nSPS) is 16.1. The highest BCUT2D eigenvalue weighted by Gasteiger charge is 2.28. The molecule has 1 atom stereocenters. The molecule has 1 aliphatic carbocycles. The van der Waals surface area contributed by atoms with E-state index in [1.165, 1.54) is 11.1 Å². The third kappa shape index (κ3) is 3.22. The Balaban J connectivity index is 1.83. The Kier molecular flexibility index (Phi) is 3.91. The second-order valence-electron chi connectivity index (χ2n) is 5.80. The van der Waals surface area contributed by atoms with Crippen molar-refractivity contribution in [1.82, 2.24) is 14.8 Å². The van der Waals surface area contributed by atoms with Gasteiger partial charge in [0.1, 0.15) is 0 Å². The molecule has 2 aromatic rings. The third-order valence-corrected chi connectivity index (χ3v) is 4.73. The number of aromatic nitrogens is 3. The van der Waals surface area contributed by atoms with E-state index in [0.29, 0.717) is 6.04 Å². The van der Waals surface area contributed by atoms with Gasteiger partial charge >= 0.3 is 5.69 Å². The zero-order valence-corrected chi connectivity index (χ0v) is 13.1. The van der Waals surface area contributed by atoms with Crippen molar-refractivity contribution in [3.63, 3.8) is 0 Å². The average molecular weight is 304 g/mol. The summed E-state index contributed by atoms with van der Waals surface area (Å²) >= 11 is 1.55. The molecule has 1 aliphatic rings. The predicted octanol–water partition coefficient (Wildman–Crippen LogP) is 2.26. The van der Waals surface area contributed by atoms with Crippen LogP contribution in [-0.2, 0) is 6.42 Å². The van der Waals surface area contributed by atoms with Crippen LogP contribution in [0.25, 0.3) is 0 Å². The van der Waals surface area contributed by atoms with Crippen molar-refractivity contribution >= 4 is 11.8 Å². The number of nitrogens with one attached hydrogen (secondary N) is 1. The van der Waals surface area contributed by atoms with E-state index in [0.717, 1.165) is 29.3 Å². The lowest BCUT2D eigenvalue weighted by Crippen LogP contribution is -2.17. The molecule has 0 radical (unpaired) electrons. The summed E-state index contributed by atoms with van der Waals surface area (Å²) in [5.41, 5.74) is 8.17. The Bertz CT molecular complexity index is 700. The quantitative estimate of drug-likeness (QED) is 0.888. The number of hydrogen-bond donors (Lipinski definition) is 2. The molecule has 6 heteroatoms. The molecule has 3 N–H and O–H groups in total. The van der Waals surface area contributed by atoms with Crippen LogP contribution in [-0.4, -0.2) is 20.8 Å². The zero-order chi connectivity index (χ0) is 15.0. The van der Waals surface area contributed by atoms with E-state index in [1.54, 1.807) is 16.3 Å². The van der Waals surface area contributed by atoms with Crippen molar-refractivity contribution < 1.29 is 0 Å². The number of aromatic amines is 1. The van der Waals surface area contributed by atoms with Gasteiger partial charge in [-0.2, -0.15) is 0 Å². The van der Waals surface area contributed by atoms with Crippen molar-refractivity contribution in [3.05, 3.63) is 39.8 Å². The fourth-order valence-corrected chi connectivity index (χ4v) is 3.41. The minimum absolute atomic E-state index is 0.105. The monoisotopic (exact) mass is 304 g/mol. The Morgan fingerprint density at radius 1 is 1.52 bits per heavy atom. The highest BCUT2D eigenvalue weighted by molar-refractivity contribution is 7.99. The van der Waals surface area contributed by atoms with Crippen LogP contribution in [0.2, 0.25) is 0 Å². The fourth-order valence-electron chi connectivity index (χ4n) is 2.44. The van der Waals surface area contributed by atoms with Gasteiger partial charge in [0.05, 0.1) is 0 Å². The minimum atomic E-state index is -0.105. The first-order valence-corrected chi connectivity index (χ1v) is 8.06. The van der Waals surface area contributed by atoms with E-state index in [2.05, 4.69) is 35.3 Å². The van der Waals surface area contributed by atoms with Gasteiger partial charge in [-0.05, 0) is 62.1 Å². The van der Waals surface area contributed by atoms with Gasteiger partial charge in [0.2, 0.25) is 0 Å². The molecule has 0 amide bonds. The lowest BCUT2D eigenvalue weighted by molar-refractivity contribution is 0.642. The van der Waals surface area contributed by atoms with Crippen LogP contribution < -0.4 is 11.4 Å². The summed E-state index contributed by atoms with van der Waals surface area (Å²) in [5.74, 6) is 0. The van der Waals surface area contributed by atoms with E-state index in [1.807, 2.05) is 6.92 Å². The maximum Gasteiger partial charge on any atom is 0.344 e. The number of nitrogens with zero attached hydrogens (tertiary/aromatic N) is 2. The summed E-state index contributed by atoms with van der Waals surface area (Å²) in [4.78, 5) is 12.9. The SMILES string of the molecule is Cc1cc(CC(C)N)ccc1Sc1n[nH]c(=O)n1C1CC1. The van der Waals surface area contributed by atoms with E-state index >= 15 is 0 Å². The molecule has 0 aliphatic heterocycles. The number of nitrogens with two attached hydrogens (primary N) is 1. The summed E-state index contributed by atoms with van der Waals surface area (Å²) in [6.07, 6.45) is 3.01. The maximum atomic E-state index is 11.8. The number of benzene rings is 1. The van der Waals surface area contributed by atoms with Crippen LogP contribution in [0.5, 0.6) is 0 Å². The maximum absolute atomic E-state index is 11.8. The Morgan fingerprint density at radius 2 is 2.29 bits per heavy atom. The van der Waals surface area contributed by atoms with Crippen molar-refractivity contribution in [2.75, 3.05) is 0 Å². The highest BCUT2D eigenvalue weighted by Crippen LogP contribution is 2.38. The van der Waals surface area contributed by atoms with Crippen molar-refractivity contribution in [1.29, 1.82) is 0 Å². The lowest BCUT2D eigenvalue weighted by atomic mass is 10.1.